The van der Waals surface area contributed by atoms with Crippen molar-refractivity contribution in [3.05, 3.63) is 34.4 Å². The summed E-state index contributed by atoms with van der Waals surface area (Å²) in [7, 11) is -3.71. The highest BCUT2D eigenvalue weighted by Crippen LogP contribution is 2.19. The summed E-state index contributed by atoms with van der Waals surface area (Å²) in [6.07, 6.45) is 0. The van der Waals surface area contributed by atoms with Crippen molar-refractivity contribution >= 4 is 15.7 Å². The van der Waals surface area contributed by atoms with Crippen molar-refractivity contribution in [2.45, 2.75) is 11.8 Å². The number of rotatable bonds is 6. The van der Waals surface area contributed by atoms with Crippen LogP contribution in [0.15, 0.2) is 29.2 Å². The van der Waals surface area contributed by atoms with Gasteiger partial charge in [-0.05, 0) is 12.1 Å². The van der Waals surface area contributed by atoms with Crippen LogP contribution in [0.4, 0.5) is 5.69 Å². The first kappa shape index (κ1) is 14.6. The van der Waals surface area contributed by atoms with Crippen LogP contribution in [-0.4, -0.2) is 42.4 Å². The number of benzene rings is 1. The molecule has 1 aromatic rings. The number of likely N-dealkylation sites (N-methyl/N-ethyl adjacent to an activating group) is 1. The predicted octanol–water partition coefficient (Wildman–Crippen LogP) is 0.598. The second-order valence-corrected chi connectivity index (χ2v) is 5.41. The van der Waals surface area contributed by atoms with E-state index in [0.29, 0.717) is 0 Å². The number of nitrogens with zero attached hydrogens (tertiary/aromatic N) is 2. The lowest BCUT2D eigenvalue weighted by molar-refractivity contribution is -0.384. The quantitative estimate of drug-likeness (QED) is 0.604. The fourth-order valence-electron chi connectivity index (χ4n) is 1.45. The SMILES string of the molecule is CCN(CCO)S(=O)(=O)c1ccc([N+](=O)[O-])cc1. The fourth-order valence-corrected chi connectivity index (χ4v) is 2.89. The molecule has 8 heteroatoms. The van der Waals surface area contributed by atoms with E-state index in [2.05, 4.69) is 0 Å². The number of aliphatic hydroxyl groups excluding tert-OH is 1. The molecule has 0 fully saturated rings. The number of non-ortho nitro benzene ring substituents is 1. The molecule has 0 heterocycles. The van der Waals surface area contributed by atoms with E-state index >= 15 is 0 Å². The lowest BCUT2D eigenvalue weighted by Gasteiger charge is -2.19. The molecule has 1 aromatic carbocycles. The second-order valence-electron chi connectivity index (χ2n) is 3.47. The average Bonchev–Trinajstić information content (AvgIpc) is 2.35. The molecule has 100 valence electrons. The van der Waals surface area contributed by atoms with Gasteiger partial charge in [0.25, 0.3) is 5.69 Å². The topological polar surface area (TPSA) is 101 Å². The highest BCUT2D eigenvalue weighted by Gasteiger charge is 2.23. The minimum atomic E-state index is -3.71. The molecule has 0 unspecified atom stereocenters. The largest absolute Gasteiger partial charge is 0.395 e. The van der Waals surface area contributed by atoms with Gasteiger partial charge in [-0.1, -0.05) is 6.92 Å². The normalized spacial score (nSPS) is 11.7. The summed E-state index contributed by atoms with van der Waals surface area (Å²) in [5, 5.41) is 19.3. The van der Waals surface area contributed by atoms with Crippen molar-refractivity contribution < 1.29 is 18.4 Å². The first-order valence-corrected chi connectivity index (χ1v) is 6.73. The number of nitro groups is 1. The van der Waals surface area contributed by atoms with Crippen LogP contribution in [0.25, 0.3) is 0 Å². The maximum atomic E-state index is 12.1. The van der Waals surface area contributed by atoms with Crippen LogP contribution in [0.1, 0.15) is 6.92 Å². The van der Waals surface area contributed by atoms with Crippen LogP contribution in [0.5, 0.6) is 0 Å². The van der Waals surface area contributed by atoms with Crippen LogP contribution >= 0.6 is 0 Å². The third-order valence-electron chi connectivity index (χ3n) is 2.39. The molecule has 18 heavy (non-hydrogen) atoms. The maximum absolute atomic E-state index is 12.1. The van der Waals surface area contributed by atoms with E-state index in [1.807, 2.05) is 0 Å². The number of aliphatic hydroxyl groups is 1. The number of sulfonamides is 1. The zero-order valence-corrected chi connectivity index (χ0v) is 10.6. The Morgan fingerprint density at radius 2 is 1.89 bits per heavy atom. The standard InChI is InChI=1S/C10H14N2O5S/c1-2-11(7-8-13)18(16,17)10-5-3-9(4-6-10)12(14)15/h3-6,13H,2,7-8H2,1H3. The highest BCUT2D eigenvalue weighted by atomic mass is 32.2. The van der Waals surface area contributed by atoms with Crippen molar-refractivity contribution in [3.8, 4) is 0 Å². The van der Waals surface area contributed by atoms with Crippen molar-refractivity contribution in [1.82, 2.24) is 4.31 Å². The number of hydrogen-bond donors (Lipinski definition) is 1. The maximum Gasteiger partial charge on any atom is 0.269 e. The molecule has 0 aliphatic rings. The smallest absolute Gasteiger partial charge is 0.269 e. The predicted molar refractivity (Wildman–Crippen MR) is 64.6 cm³/mol. The Morgan fingerprint density at radius 3 is 2.28 bits per heavy atom. The van der Waals surface area contributed by atoms with Gasteiger partial charge < -0.3 is 5.11 Å². The Bertz CT molecular complexity index is 512. The van der Waals surface area contributed by atoms with Crippen molar-refractivity contribution in [1.29, 1.82) is 0 Å². The van der Waals surface area contributed by atoms with E-state index < -0.39 is 14.9 Å². The van der Waals surface area contributed by atoms with E-state index in [4.69, 9.17) is 5.11 Å². The molecule has 0 saturated carbocycles. The average molecular weight is 274 g/mol. The summed E-state index contributed by atoms with van der Waals surface area (Å²) in [5.74, 6) is 0. The molecule has 0 aromatic heterocycles. The van der Waals surface area contributed by atoms with Gasteiger partial charge in [-0.3, -0.25) is 10.1 Å². The minimum absolute atomic E-state index is 0.00415. The van der Waals surface area contributed by atoms with E-state index in [0.717, 1.165) is 16.4 Å². The van der Waals surface area contributed by atoms with Crippen LogP contribution in [0.2, 0.25) is 0 Å². The summed E-state index contributed by atoms with van der Waals surface area (Å²) in [6, 6.07) is 4.65. The van der Waals surface area contributed by atoms with Crippen LogP contribution in [0, 0.1) is 10.1 Å². The molecule has 0 spiro atoms. The Morgan fingerprint density at radius 1 is 1.33 bits per heavy atom. The summed E-state index contributed by atoms with van der Waals surface area (Å²) in [4.78, 5) is 9.85. The second kappa shape index (κ2) is 5.89. The minimum Gasteiger partial charge on any atom is -0.395 e. The van der Waals surface area contributed by atoms with Crippen molar-refractivity contribution in [3.63, 3.8) is 0 Å². The molecule has 0 aliphatic carbocycles. The van der Waals surface area contributed by atoms with Gasteiger partial charge in [0.2, 0.25) is 10.0 Å². The van der Waals surface area contributed by atoms with Crippen molar-refractivity contribution in [2.24, 2.45) is 0 Å². The van der Waals surface area contributed by atoms with Gasteiger partial charge in [0.15, 0.2) is 0 Å². The lowest BCUT2D eigenvalue weighted by Crippen LogP contribution is -2.33. The molecule has 1 rings (SSSR count). The van der Waals surface area contributed by atoms with E-state index in [9.17, 15) is 18.5 Å². The molecule has 0 amide bonds. The van der Waals surface area contributed by atoms with Crippen LogP contribution in [0.3, 0.4) is 0 Å². The summed E-state index contributed by atoms with van der Waals surface area (Å²) >= 11 is 0. The highest BCUT2D eigenvalue weighted by molar-refractivity contribution is 7.89. The number of hydrogen-bond acceptors (Lipinski definition) is 5. The molecule has 0 saturated heterocycles. The monoisotopic (exact) mass is 274 g/mol. The van der Waals surface area contributed by atoms with Crippen LogP contribution in [-0.2, 0) is 10.0 Å². The Labute approximate surface area is 105 Å². The third kappa shape index (κ3) is 3.03. The fraction of sp³-hybridized carbons (Fsp3) is 0.400. The molecule has 1 N–H and O–H groups in total. The van der Waals surface area contributed by atoms with Gasteiger partial charge in [-0.2, -0.15) is 4.31 Å². The van der Waals surface area contributed by atoms with E-state index in [1.165, 1.54) is 12.1 Å². The Kier molecular flexibility index (Phi) is 4.76. The summed E-state index contributed by atoms with van der Waals surface area (Å²) < 4.78 is 25.3. The van der Waals surface area contributed by atoms with Crippen molar-refractivity contribution in [2.75, 3.05) is 19.7 Å². The first-order chi connectivity index (χ1) is 8.43. The first-order valence-electron chi connectivity index (χ1n) is 5.29. The molecule has 0 radical (unpaired) electrons. The van der Waals surface area contributed by atoms with E-state index in [-0.39, 0.29) is 30.3 Å². The molecule has 0 bridgehead atoms. The van der Waals surface area contributed by atoms with Gasteiger partial charge in [0.1, 0.15) is 0 Å². The lowest BCUT2D eigenvalue weighted by atomic mass is 10.3. The van der Waals surface area contributed by atoms with Gasteiger partial charge >= 0.3 is 0 Å². The molecule has 7 nitrogen and oxygen atoms in total. The Hall–Kier alpha value is -1.51. The van der Waals surface area contributed by atoms with Gasteiger partial charge in [0.05, 0.1) is 16.4 Å². The molecule has 0 atom stereocenters. The Balaban J connectivity index is 3.08. The zero-order chi connectivity index (χ0) is 13.8. The zero-order valence-electron chi connectivity index (χ0n) is 9.81. The molecule has 0 aliphatic heterocycles. The summed E-state index contributed by atoms with van der Waals surface area (Å²) in [6.45, 7) is 1.59. The summed E-state index contributed by atoms with van der Waals surface area (Å²) in [5.41, 5.74) is -0.167. The third-order valence-corrected chi connectivity index (χ3v) is 4.38. The van der Waals surface area contributed by atoms with Gasteiger partial charge in [-0.15, -0.1) is 0 Å². The molecular formula is C10H14N2O5S. The molecular weight excluding hydrogens is 260 g/mol. The van der Waals surface area contributed by atoms with Gasteiger partial charge in [0, 0.05) is 25.2 Å². The number of nitro benzene ring substituents is 1. The van der Waals surface area contributed by atoms with E-state index in [1.54, 1.807) is 6.92 Å². The van der Waals surface area contributed by atoms with Gasteiger partial charge in [-0.25, -0.2) is 8.42 Å². The van der Waals surface area contributed by atoms with Crippen LogP contribution < -0.4 is 0 Å².